The fraction of sp³-hybridized carbons (Fsp3) is 0.526. The minimum atomic E-state index is -4.55. The SMILES string of the molecule is Cc1nc(C)c(C(OC(C)(C)C)C(=O)O)c(N2CCC(C)(C)CC2)c1-c1ccc2c(c1)CCN(Cc1ccc(OC(F)(F)C(F)F)cc1)C2. The number of aromatic nitrogens is 1. The van der Waals surface area contributed by atoms with Gasteiger partial charge in [0.25, 0.3) is 0 Å². The molecule has 1 atom stereocenters. The van der Waals surface area contributed by atoms with Gasteiger partial charge < -0.3 is 19.5 Å². The number of halogens is 4. The van der Waals surface area contributed by atoms with Gasteiger partial charge in [-0.15, -0.1) is 0 Å². The molecule has 3 heterocycles. The van der Waals surface area contributed by atoms with Crippen molar-refractivity contribution in [2.45, 2.75) is 105 Å². The summed E-state index contributed by atoms with van der Waals surface area (Å²) in [4.78, 5) is 22.3. The molecule has 0 saturated carbocycles. The van der Waals surface area contributed by atoms with Crippen LogP contribution in [0.15, 0.2) is 42.5 Å². The van der Waals surface area contributed by atoms with Crippen molar-refractivity contribution >= 4 is 11.7 Å². The Morgan fingerprint density at radius 2 is 1.63 bits per heavy atom. The third-order valence-electron chi connectivity index (χ3n) is 9.39. The summed E-state index contributed by atoms with van der Waals surface area (Å²) in [5, 5.41) is 10.5. The maximum absolute atomic E-state index is 13.3. The van der Waals surface area contributed by atoms with Gasteiger partial charge in [0.1, 0.15) is 5.75 Å². The number of carboxylic acid groups (broad SMARTS) is 1. The monoisotopic (exact) mass is 685 g/mol. The molecule has 2 aliphatic heterocycles. The van der Waals surface area contributed by atoms with Gasteiger partial charge in [-0.1, -0.05) is 44.2 Å². The van der Waals surface area contributed by atoms with Crippen molar-refractivity contribution in [1.29, 1.82) is 0 Å². The van der Waals surface area contributed by atoms with Gasteiger partial charge in [0.05, 0.1) is 11.3 Å². The molecule has 1 aromatic heterocycles. The fourth-order valence-electron chi connectivity index (χ4n) is 6.78. The van der Waals surface area contributed by atoms with Crippen molar-refractivity contribution in [3.63, 3.8) is 0 Å². The molecule has 11 heteroatoms. The molecule has 1 N–H and O–H groups in total. The highest BCUT2D eigenvalue weighted by molar-refractivity contribution is 5.88. The molecule has 2 aliphatic rings. The van der Waals surface area contributed by atoms with E-state index in [1.165, 1.54) is 17.7 Å². The number of aliphatic carboxylic acids is 1. The predicted octanol–water partition coefficient (Wildman–Crippen LogP) is 8.73. The number of carbonyl (C=O) groups is 1. The van der Waals surface area contributed by atoms with Crippen LogP contribution in [0.1, 0.15) is 87.2 Å². The number of rotatable bonds is 10. The molecule has 2 aromatic carbocycles. The second kappa shape index (κ2) is 13.9. The predicted molar refractivity (Wildman–Crippen MR) is 181 cm³/mol. The van der Waals surface area contributed by atoms with Crippen LogP contribution in [0, 0.1) is 19.3 Å². The standard InChI is InChI=1S/C38H47F4N3O4/c1-23-30(32(45-18-15-37(6,7)16-19-45)31(24(2)43-23)33(34(46)47)49-36(3,4)5)27-10-11-28-22-44(17-14-26(28)20-27)21-25-8-12-29(13-9-25)48-38(41,42)35(39)40/h8-13,20,33,35H,14-19,21-22H2,1-7H3,(H,46,47). The van der Waals surface area contributed by atoms with Crippen LogP contribution in [0.5, 0.6) is 5.75 Å². The highest BCUT2D eigenvalue weighted by Crippen LogP contribution is 2.45. The van der Waals surface area contributed by atoms with Crippen LogP contribution in [0.25, 0.3) is 11.1 Å². The minimum absolute atomic E-state index is 0.193. The first-order valence-corrected chi connectivity index (χ1v) is 16.8. The fourth-order valence-corrected chi connectivity index (χ4v) is 6.78. The smallest absolute Gasteiger partial charge is 0.461 e. The number of fused-ring (bicyclic) bond motifs is 1. The Balaban J connectivity index is 1.45. The molecule has 0 aliphatic carbocycles. The lowest BCUT2D eigenvalue weighted by Gasteiger charge is -2.41. The van der Waals surface area contributed by atoms with Crippen molar-refractivity contribution < 1.29 is 36.9 Å². The van der Waals surface area contributed by atoms with E-state index in [9.17, 15) is 27.5 Å². The number of hydrogen-bond acceptors (Lipinski definition) is 6. The highest BCUT2D eigenvalue weighted by atomic mass is 19.3. The van der Waals surface area contributed by atoms with Gasteiger partial charge in [0, 0.05) is 55.2 Å². The van der Waals surface area contributed by atoms with Crippen LogP contribution in [0.3, 0.4) is 0 Å². The normalized spacial score (nSPS) is 17.6. The van der Waals surface area contributed by atoms with Gasteiger partial charge in [-0.2, -0.15) is 17.6 Å². The van der Waals surface area contributed by atoms with Crippen molar-refractivity contribution in [3.05, 3.63) is 76.1 Å². The van der Waals surface area contributed by atoms with E-state index in [1.807, 2.05) is 34.6 Å². The number of piperidine rings is 1. The quantitative estimate of drug-likeness (QED) is 0.214. The molecule has 49 heavy (non-hydrogen) atoms. The van der Waals surface area contributed by atoms with Gasteiger partial charge in [-0.05, 0) is 93.7 Å². The average Bonchev–Trinajstić information content (AvgIpc) is 3.00. The molecule has 1 saturated heterocycles. The second-order valence-corrected chi connectivity index (χ2v) is 15.1. The van der Waals surface area contributed by atoms with Gasteiger partial charge >= 0.3 is 18.5 Å². The maximum Gasteiger partial charge on any atom is 0.461 e. The molecular weight excluding hydrogens is 638 g/mol. The summed E-state index contributed by atoms with van der Waals surface area (Å²) in [7, 11) is 0. The third kappa shape index (κ3) is 8.55. The van der Waals surface area contributed by atoms with E-state index in [2.05, 4.69) is 46.6 Å². The Hall–Kier alpha value is -3.70. The molecule has 7 nitrogen and oxygen atoms in total. The summed E-state index contributed by atoms with van der Waals surface area (Å²) < 4.78 is 62.0. The van der Waals surface area contributed by atoms with E-state index in [0.717, 1.165) is 72.5 Å². The van der Waals surface area contributed by atoms with Crippen LogP contribution >= 0.6 is 0 Å². The van der Waals surface area contributed by atoms with Crippen molar-refractivity contribution in [2.24, 2.45) is 5.41 Å². The number of alkyl halides is 4. The zero-order valence-electron chi connectivity index (χ0n) is 29.4. The van der Waals surface area contributed by atoms with Gasteiger partial charge in [0.15, 0.2) is 6.10 Å². The Morgan fingerprint density at radius 3 is 2.22 bits per heavy atom. The number of aryl methyl sites for hydroxylation is 2. The number of nitrogens with zero attached hydrogens (tertiary/aromatic N) is 3. The Kier molecular flexibility index (Phi) is 10.4. The zero-order chi connectivity index (χ0) is 35.9. The van der Waals surface area contributed by atoms with E-state index >= 15 is 0 Å². The lowest BCUT2D eigenvalue weighted by molar-refractivity contribution is -0.253. The van der Waals surface area contributed by atoms with Gasteiger partial charge in [-0.25, -0.2) is 4.79 Å². The first-order valence-electron chi connectivity index (χ1n) is 16.8. The molecule has 0 spiro atoms. The van der Waals surface area contributed by atoms with Crippen molar-refractivity contribution in [3.8, 4) is 16.9 Å². The van der Waals surface area contributed by atoms with Crippen LogP contribution in [-0.4, -0.2) is 58.7 Å². The third-order valence-corrected chi connectivity index (χ3v) is 9.39. The van der Waals surface area contributed by atoms with E-state index in [4.69, 9.17) is 9.72 Å². The van der Waals surface area contributed by atoms with Gasteiger partial charge in [-0.3, -0.25) is 9.88 Å². The van der Waals surface area contributed by atoms with E-state index in [-0.39, 0.29) is 11.2 Å². The molecule has 0 bridgehead atoms. The Labute approximate surface area is 286 Å². The number of hydrogen-bond donors (Lipinski definition) is 1. The number of ether oxygens (including phenoxy) is 2. The molecule has 266 valence electrons. The lowest BCUT2D eigenvalue weighted by Crippen LogP contribution is -2.39. The van der Waals surface area contributed by atoms with E-state index in [1.54, 1.807) is 12.1 Å². The summed E-state index contributed by atoms with van der Waals surface area (Å²) in [6.07, 6.45) is -6.93. The Morgan fingerprint density at radius 1 is 0.980 bits per heavy atom. The number of benzene rings is 2. The number of anilines is 1. The summed E-state index contributed by atoms with van der Waals surface area (Å²) in [6.45, 7) is 17.5. The first kappa shape index (κ1) is 36.6. The van der Waals surface area contributed by atoms with Crippen LogP contribution in [0.4, 0.5) is 23.2 Å². The number of carboxylic acids is 1. The first-order chi connectivity index (χ1) is 22.8. The zero-order valence-corrected chi connectivity index (χ0v) is 29.4. The van der Waals surface area contributed by atoms with Gasteiger partial charge in [0.2, 0.25) is 0 Å². The van der Waals surface area contributed by atoms with Crippen molar-refractivity contribution in [1.82, 2.24) is 9.88 Å². The summed E-state index contributed by atoms with van der Waals surface area (Å²) in [6, 6.07) is 12.2. The molecule has 0 amide bonds. The molecule has 1 fully saturated rings. The highest BCUT2D eigenvalue weighted by Gasteiger charge is 2.44. The topological polar surface area (TPSA) is 75.1 Å². The minimum Gasteiger partial charge on any atom is -0.479 e. The summed E-state index contributed by atoms with van der Waals surface area (Å²) in [5.41, 5.74) is 7.56. The van der Waals surface area contributed by atoms with E-state index < -0.39 is 30.2 Å². The maximum atomic E-state index is 13.3. The van der Waals surface area contributed by atoms with E-state index in [0.29, 0.717) is 24.3 Å². The summed E-state index contributed by atoms with van der Waals surface area (Å²) in [5.74, 6) is -1.37. The molecule has 0 radical (unpaired) electrons. The average molecular weight is 686 g/mol. The molecule has 3 aromatic rings. The number of pyridine rings is 1. The van der Waals surface area contributed by atoms with Crippen LogP contribution in [0.2, 0.25) is 0 Å². The van der Waals surface area contributed by atoms with Crippen LogP contribution < -0.4 is 9.64 Å². The summed E-state index contributed by atoms with van der Waals surface area (Å²) >= 11 is 0. The molecule has 1 unspecified atom stereocenters. The Bertz CT molecular complexity index is 1660. The van der Waals surface area contributed by atoms with Crippen LogP contribution in [-0.2, 0) is 29.0 Å². The lowest BCUT2D eigenvalue weighted by atomic mass is 9.81. The second-order valence-electron chi connectivity index (χ2n) is 15.1. The largest absolute Gasteiger partial charge is 0.479 e. The molecule has 5 rings (SSSR count). The van der Waals surface area contributed by atoms with Crippen molar-refractivity contribution in [2.75, 3.05) is 24.5 Å². The molecular formula is C38H47F4N3O4.